The number of benzene rings is 1. The summed E-state index contributed by atoms with van der Waals surface area (Å²) in [6, 6.07) is 10.2. The van der Waals surface area contributed by atoms with E-state index in [-0.39, 0.29) is 18.2 Å². The number of hydrogen-bond donors (Lipinski definition) is 2. The Balaban J connectivity index is 2.03. The van der Waals surface area contributed by atoms with E-state index in [1.165, 1.54) is 23.9 Å². The molecule has 5 nitrogen and oxygen atoms in total. The number of rotatable bonds is 5. The molecule has 0 aliphatic carbocycles. The molecule has 0 fully saturated rings. The predicted octanol–water partition coefficient (Wildman–Crippen LogP) is 2.63. The molecule has 104 valence electrons. The number of thioether (sulfide) groups is 1. The highest BCUT2D eigenvalue weighted by Gasteiger charge is 2.12. The van der Waals surface area contributed by atoms with E-state index in [9.17, 15) is 9.59 Å². The number of carboxylic acid groups (broad SMARTS) is 1. The fraction of sp³-hybridized carbons (Fsp3) is 0.143. The van der Waals surface area contributed by atoms with Gasteiger partial charge in [0.15, 0.2) is 0 Å². The van der Waals surface area contributed by atoms with Gasteiger partial charge in [-0.2, -0.15) is 0 Å². The van der Waals surface area contributed by atoms with Crippen molar-refractivity contribution in [3.05, 3.63) is 53.5 Å². The van der Waals surface area contributed by atoms with E-state index < -0.39 is 5.97 Å². The smallest absolute Gasteiger partial charge is 0.371 e. The van der Waals surface area contributed by atoms with Crippen LogP contribution in [0.5, 0.6) is 0 Å². The topological polar surface area (TPSA) is 79.5 Å². The minimum absolute atomic E-state index is 0.140. The van der Waals surface area contributed by atoms with Crippen molar-refractivity contribution in [2.24, 2.45) is 0 Å². The molecule has 0 bridgehead atoms. The summed E-state index contributed by atoms with van der Waals surface area (Å²) in [7, 11) is 0. The molecule has 1 aromatic carbocycles. The van der Waals surface area contributed by atoms with Crippen LogP contribution in [-0.4, -0.2) is 23.2 Å². The van der Waals surface area contributed by atoms with Gasteiger partial charge in [-0.25, -0.2) is 4.79 Å². The molecular formula is C14H13NO4S. The van der Waals surface area contributed by atoms with Crippen molar-refractivity contribution in [1.29, 1.82) is 0 Å². The zero-order valence-electron chi connectivity index (χ0n) is 10.8. The van der Waals surface area contributed by atoms with Crippen LogP contribution in [0.1, 0.15) is 26.7 Å². The van der Waals surface area contributed by atoms with Gasteiger partial charge in [0, 0.05) is 4.90 Å². The normalized spacial score (nSPS) is 10.2. The Morgan fingerprint density at radius 2 is 2.00 bits per heavy atom. The van der Waals surface area contributed by atoms with E-state index in [1.54, 1.807) is 12.1 Å². The average molecular weight is 291 g/mol. The molecule has 2 N–H and O–H groups in total. The third-order valence-electron chi connectivity index (χ3n) is 2.65. The van der Waals surface area contributed by atoms with Gasteiger partial charge in [-0.3, -0.25) is 4.79 Å². The Labute approximate surface area is 120 Å². The molecule has 1 heterocycles. The molecule has 0 spiro atoms. The molecule has 2 rings (SSSR count). The maximum atomic E-state index is 12.1. The largest absolute Gasteiger partial charge is 0.475 e. The first-order chi connectivity index (χ1) is 9.61. The summed E-state index contributed by atoms with van der Waals surface area (Å²) in [6.45, 7) is 0.148. The molecule has 0 saturated heterocycles. The first-order valence-electron chi connectivity index (χ1n) is 5.85. The summed E-state index contributed by atoms with van der Waals surface area (Å²) < 4.78 is 5.07. The number of furan rings is 1. The van der Waals surface area contributed by atoms with Gasteiger partial charge < -0.3 is 14.8 Å². The van der Waals surface area contributed by atoms with Gasteiger partial charge in [0.1, 0.15) is 5.76 Å². The lowest BCUT2D eigenvalue weighted by atomic mass is 10.2. The number of nitrogens with one attached hydrogen (secondary N) is 1. The number of aromatic carboxylic acids is 1. The Morgan fingerprint density at radius 3 is 2.65 bits per heavy atom. The highest BCUT2D eigenvalue weighted by atomic mass is 32.2. The van der Waals surface area contributed by atoms with E-state index in [0.29, 0.717) is 11.3 Å². The fourth-order valence-corrected chi connectivity index (χ4v) is 2.28. The Hall–Kier alpha value is -2.21. The van der Waals surface area contributed by atoms with Crippen molar-refractivity contribution in [2.75, 3.05) is 6.26 Å². The summed E-state index contributed by atoms with van der Waals surface area (Å²) in [5.41, 5.74) is 0.588. The Kier molecular flexibility index (Phi) is 4.47. The Bertz CT molecular complexity index is 636. The third kappa shape index (κ3) is 3.21. The molecule has 0 saturated carbocycles. The lowest BCUT2D eigenvalue weighted by Crippen LogP contribution is -2.23. The highest BCUT2D eigenvalue weighted by molar-refractivity contribution is 7.98. The zero-order chi connectivity index (χ0) is 14.5. The monoisotopic (exact) mass is 291 g/mol. The average Bonchev–Trinajstić information content (AvgIpc) is 2.94. The van der Waals surface area contributed by atoms with Gasteiger partial charge in [-0.15, -0.1) is 11.8 Å². The van der Waals surface area contributed by atoms with Crippen LogP contribution in [-0.2, 0) is 6.54 Å². The maximum absolute atomic E-state index is 12.1. The van der Waals surface area contributed by atoms with Crippen molar-refractivity contribution in [3.8, 4) is 0 Å². The standard InChI is InChI=1S/C14H13NO4S/c1-20-12-5-3-2-4-10(12)13(16)15-8-9-6-7-11(19-9)14(17)18/h2-7H,8H2,1H3,(H,15,16)(H,17,18). The minimum Gasteiger partial charge on any atom is -0.475 e. The summed E-state index contributed by atoms with van der Waals surface area (Å²) in [5.74, 6) is -1.09. The van der Waals surface area contributed by atoms with E-state index in [2.05, 4.69) is 5.32 Å². The molecule has 0 unspecified atom stereocenters. The van der Waals surface area contributed by atoms with E-state index in [1.807, 2.05) is 18.4 Å². The second-order valence-electron chi connectivity index (χ2n) is 3.95. The van der Waals surface area contributed by atoms with Crippen molar-refractivity contribution in [3.63, 3.8) is 0 Å². The van der Waals surface area contributed by atoms with Crippen LogP contribution in [0, 0.1) is 0 Å². The van der Waals surface area contributed by atoms with E-state index in [4.69, 9.17) is 9.52 Å². The quantitative estimate of drug-likeness (QED) is 0.828. The van der Waals surface area contributed by atoms with Gasteiger partial charge in [0.2, 0.25) is 5.76 Å². The second kappa shape index (κ2) is 6.29. The van der Waals surface area contributed by atoms with Crippen molar-refractivity contribution in [2.45, 2.75) is 11.4 Å². The molecule has 0 aliphatic heterocycles. The molecule has 0 radical (unpaired) electrons. The van der Waals surface area contributed by atoms with Gasteiger partial charge in [-0.1, -0.05) is 12.1 Å². The fourth-order valence-electron chi connectivity index (χ4n) is 1.68. The molecule has 2 aromatic rings. The first kappa shape index (κ1) is 14.2. The molecule has 0 aliphatic rings. The first-order valence-corrected chi connectivity index (χ1v) is 7.07. The summed E-state index contributed by atoms with van der Waals surface area (Å²) in [6.07, 6.45) is 1.90. The predicted molar refractivity (Wildman–Crippen MR) is 75.1 cm³/mol. The summed E-state index contributed by atoms with van der Waals surface area (Å²) in [4.78, 5) is 23.6. The second-order valence-corrected chi connectivity index (χ2v) is 4.80. The van der Waals surface area contributed by atoms with E-state index in [0.717, 1.165) is 4.90 Å². The summed E-state index contributed by atoms with van der Waals surface area (Å²) >= 11 is 1.49. The third-order valence-corrected chi connectivity index (χ3v) is 3.44. The van der Waals surface area contributed by atoms with Crippen LogP contribution >= 0.6 is 11.8 Å². The lowest BCUT2D eigenvalue weighted by molar-refractivity contribution is 0.0660. The van der Waals surface area contributed by atoms with Crippen LogP contribution in [0.4, 0.5) is 0 Å². The zero-order valence-corrected chi connectivity index (χ0v) is 11.6. The molecular weight excluding hydrogens is 278 g/mol. The van der Waals surface area contributed by atoms with Crippen molar-refractivity contribution in [1.82, 2.24) is 5.32 Å². The summed E-state index contributed by atoms with van der Waals surface area (Å²) in [5, 5.41) is 11.4. The SMILES string of the molecule is CSc1ccccc1C(=O)NCc1ccc(C(=O)O)o1. The van der Waals surface area contributed by atoms with E-state index >= 15 is 0 Å². The Morgan fingerprint density at radius 1 is 1.25 bits per heavy atom. The lowest BCUT2D eigenvalue weighted by Gasteiger charge is -2.07. The van der Waals surface area contributed by atoms with Crippen LogP contribution in [0.25, 0.3) is 0 Å². The number of hydrogen-bond acceptors (Lipinski definition) is 4. The molecule has 1 aromatic heterocycles. The number of amides is 1. The number of carbonyl (C=O) groups is 2. The van der Waals surface area contributed by atoms with Crippen LogP contribution in [0.3, 0.4) is 0 Å². The van der Waals surface area contributed by atoms with Crippen molar-refractivity contribution >= 4 is 23.6 Å². The van der Waals surface area contributed by atoms with Gasteiger partial charge in [0.25, 0.3) is 5.91 Å². The molecule has 1 amide bonds. The molecule has 20 heavy (non-hydrogen) atoms. The molecule has 6 heteroatoms. The molecule has 0 atom stereocenters. The van der Waals surface area contributed by atoms with Gasteiger partial charge in [-0.05, 0) is 30.5 Å². The van der Waals surface area contributed by atoms with Gasteiger partial charge in [0.05, 0.1) is 12.1 Å². The maximum Gasteiger partial charge on any atom is 0.371 e. The minimum atomic E-state index is -1.13. The van der Waals surface area contributed by atoms with Crippen molar-refractivity contribution < 1.29 is 19.1 Å². The van der Waals surface area contributed by atoms with Crippen LogP contribution < -0.4 is 5.32 Å². The van der Waals surface area contributed by atoms with Crippen LogP contribution in [0.2, 0.25) is 0 Å². The van der Waals surface area contributed by atoms with Gasteiger partial charge >= 0.3 is 5.97 Å². The highest BCUT2D eigenvalue weighted by Crippen LogP contribution is 2.19. The number of carbonyl (C=O) groups excluding carboxylic acids is 1. The van der Waals surface area contributed by atoms with Crippen LogP contribution in [0.15, 0.2) is 45.7 Å². The number of carboxylic acids is 1.